The number of piperidine rings is 1. The Morgan fingerprint density at radius 2 is 1.91 bits per heavy atom. The molecule has 0 spiro atoms. The van der Waals surface area contributed by atoms with Crippen LogP contribution in [0.3, 0.4) is 0 Å². The second kappa shape index (κ2) is 7.65. The lowest BCUT2D eigenvalue weighted by atomic mass is 9.83. The van der Waals surface area contributed by atoms with Gasteiger partial charge in [0.2, 0.25) is 0 Å². The van der Waals surface area contributed by atoms with Gasteiger partial charge in [0.25, 0.3) is 0 Å². The molecule has 0 aromatic heterocycles. The fourth-order valence-electron chi connectivity index (χ4n) is 4.44. The van der Waals surface area contributed by atoms with Crippen molar-refractivity contribution < 1.29 is 14.4 Å². The van der Waals surface area contributed by atoms with Gasteiger partial charge in [-0.1, -0.05) is 17.2 Å². The molecule has 2 heterocycles. The van der Waals surface area contributed by atoms with Crippen molar-refractivity contribution in [3.63, 3.8) is 0 Å². The number of esters is 1. The van der Waals surface area contributed by atoms with Crippen molar-refractivity contribution in [2.45, 2.75) is 64.9 Å². The Morgan fingerprint density at radius 1 is 1.13 bits per heavy atom. The Kier molecular flexibility index (Phi) is 5.58. The summed E-state index contributed by atoms with van der Waals surface area (Å²) < 4.78 is 5.81. The first-order valence-corrected chi connectivity index (χ1v) is 9.50. The number of rotatable bonds is 2. The van der Waals surface area contributed by atoms with Crippen molar-refractivity contribution in [1.82, 2.24) is 0 Å². The quantitative estimate of drug-likeness (QED) is 0.627. The van der Waals surface area contributed by atoms with Crippen molar-refractivity contribution >= 4 is 5.97 Å². The monoisotopic (exact) mass is 318 g/mol. The predicted octanol–water partition coefficient (Wildman–Crippen LogP) is 2.68. The zero-order valence-electron chi connectivity index (χ0n) is 14.8. The highest BCUT2D eigenvalue weighted by Crippen LogP contribution is 2.35. The summed E-state index contributed by atoms with van der Waals surface area (Å²) in [5, 5.41) is 0. The van der Waals surface area contributed by atoms with Crippen LogP contribution in [0.15, 0.2) is 23.3 Å². The van der Waals surface area contributed by atoms with Gasteiger partial charge < -0.3 is 9.64 Å². The van der Waals surface area contributed by atoms with E-state index in [2.05, 4.69) is 26.0 Å². The van der Waals surface area contributed by atoms with Crippen LogP contribution in [0.5, 0.6) is 0 Å². The number of ether oxygens (including phenoxy) is 1. The predicted molar refractivity (Wildman–Crippen MR) is 92.3 cm³/mol. The summed E-state index contributed by atoms with van der Waals surface area (Å²) >= 11 is 0. The van der Waals surface area contributed by atoms with Crippen molar-refractivity contribution in [1.29, 1.82) is 0 Å². The van der Waals surface area contributed by atoms with Crippen LogP contribution in [0.2, 0.25) is 0 Å². The van der Waals surface area contributed by atoms with Crippen LogP contribution in [0.25, 0.3) is 0 Å². The van der Waals surface area contributed by atoms with E-state index in [-0.39, 0.29) is 18.0 Å². The van der Waals surface area contributed by atoms with E-state index in [9.17, 15) is 4.79 Å². The fourth-order valence-corrected chi connectivity index (χ4v) is 4.44. The molecule has 2 aliphatic heterocycles. The first-order chi connectivity index (χ1) is 11.1. The molecular weight excluding hydrogens is 286 g/mol. The molecule has 1 aliphatic carbocycles. The van der Waals surface area contributed by atoms with Crippen LogP contribution in [0.4, 0.5) is 0 Å². The first kappa shape index (κ1) is 16.8. The molecule has 128 valence electrons. The molecule has 0 radical (unpaired) electrons. The number of fused-ring (bicyclic) bond motifs is 1. The zero-order chi connectivity index (χ0) is 16.2. The lowest BCUT2D eigenvalue weighted by Gasteiger charge is -2.27. The molecule has 1 N–H and O–H groups in total. The molecule has 3 rings (SSSR count). The third kappa shape index (κ3) is 4.26. The number of quaternary nitrogens is 1. The Hall–Kier alpha value is -1.09. The zero-order valence-corrected chi connectivity index (χ0v) is 14.8. The SMILES string of the molecule is C/C1=C/CC/C(C)=C/[C@@H]2OC(=O)[C@@H](C[NH+]3CCCCC3)[C@@H]2CC1. The van der Waals surface area contributed by atoms with Gasteiger partial charge in [-0.2, -0.15) is 0 Å². The molecule has 0 aromatic rings. The van der Waals surface area contributed by atoms with Gasteiger partial charge in [-0.15, -0.1) is 0 Å². The van der Waals surface area contributed by atoms with Gasteiger partial charge in [0.15, 0.2) is 0 Å². The molecule has 2 saturated heterocycles. The molecular formula is C20H32NO2+. The maximum Gasteiger partial charge on any atom is 0.315 e. The van der Waals surface area contributed by atoms with E-state index in [4.69, 9.17) is 4.74 Å². The summed E-state index contributed by atoms with van der Waals surface area (Å²) in [6.45, 7) is 7.86. The average molecular weight is 318 g/mol. The summed E-state index contributed by atoms with van der Waals surface area (Å²) in [6, 6.07) is 0. The van der Waals surface area contributed by atoms with Crippen molar-refractivity contribution in [2.75, 3.05) is 19.6 Å². The van der Waals surface area contributed by atoms with Crippen LogP contribution < -0.4 is 4.90 Å². The Bertz CT molecular complexity index is 488. The van der Waals surface area contributed by atoms with Crippen LogP contribution in [0, 0.1) is 11.8 Å². The van der Waals surface area contributed by atoms with E-state index in [1.807, 2.05) is 0 Å². The molecule has 2 fully saturated rings. The molecule has 0 saturated carbocycles. The molecule has 0 amide bonds. The maximum atomic E-state index is 12.5. The normalized spacial score (nSPS) is 38.0. The second-order valence-corrected chi connectivity index (χ2v) is 7.83. The standard InChI is InChI=1S/C20H31NO2/c1-15-7-6-8-16(2)13-19-17(10-9-15)18(20(22)23-19)14-21-11-4-3-5-12-21/h7,13,17-19H,3-6,8-12,14H2,1-2H3/p+1/b15-7-,16-13+/t17-,18-,19-/m0/s1. The lowest BCUT2D eigenvalue weighted by molar-refractivity contribution is -0.907. The molecule has 3 aliphatic rings. The number of hydrogen-bond acceptors (Lipinski definition) is 2. The second-order valence-electron chi connectivity index (χ2n) is 7.83. The van der Waals surface area contributed by atoms with Crippen LogP contribution >= 0.6 is 0 Å². The topological polar surface area (TPSA) is 30.7 Å². The molecule has 3 heteroatoms. The number of carbonyl (C=O) groups excluding carboxylic acids is 1. The average Bonchev–Trinajstić information content (AvgIpc) is 2.81. The fraction of sp³-hybridized carbons (Fsp3) is 0.750. The van der Waals surface area contributed by atoms with Crippen molar-refractivity contribution in [3.8, 4) is 0 Å². The van der Waals surface area contributed by atoms with E-state index in [1.54, 1.807) is 4.90 Å². The van der Waals surface area contributed by atoms with E-state index in [0.717, 1.165) is 32.2 Å². The van der Waals surface area contributed by atoms with E-state index in [1.165, 1.54) is 43.5 Å². The third-order valence-electron chi connectivity index (χ3n) is 5.92. The number of nitrogens with one attached hydrogen (secondary N) is 1. The molecule has 0 unspecified atom stereocenters. The minimum absolute atomic E-state index is 0.0163. The smallest absolute Gasteiger partial charge is 0.315 e. The highest BCUT2D eigenvalue weighted by Gasteiger charge is 2.45. The number of hydrogen-bond donors (Lipinski definition) is 1. The Labute approximate surface area is 140 Å². The highest BCUT2D eigenvalue weighted by atomic mass is 16.6. The number of likely N-dealkylation sites (tertiary alicyclic amines) is 1. The maximum absolute atomic E-state index is 12.5. The van der Waals surface area contributed by atoms with Gasteiger partial charge in [-0.05, 0) is 64.9 Å². The largest absolute Gasteiger partial charge is 0.457 e. The summed E-state index contributed by atoms with van der Waals surface area (Å²) in [5.41, 5.74) is 2.84. The summed E-state index contributed by atoms with van der Waals surface area (Å²) in [4.78, 5) is 14.1. The van der Waals surface area contributed by atoms with Gasteiger partial charge in [0.05, 0.1) is 19.6 Å². The summed E-state index contributed by atoms with van der Waals surface area (Å²) in [5.74, 6) is 0.528. The van der Waals surface area contributed by atoms with Crippen LogP contribution in [-0.2, 0) is 9.53 Å². The lowest BCUT2D eigenvalue weighted by Crippen LogP contribution is -3.13. The molecule has 23 heavy (non-hydrogen) atoms. The van der Waals surface area contributed by atoms with E-state index in [0.29, 0.717) is 5.92 Å². The van der Waals surface area contributed by atoms with Gasteiger partial charge in [0.1, 0.15) is 12.0 Å². The third-order valence-corrected chi connectivity index (χ3v) is 5.92. The first-order valence-electron chi connectivity index (χ1n) is 9.50. The minimum Gasteiger partial charge on any atom is -0.457 e. The van der Waals surface area contributed by atoms with Crippen molar-refractivity contribution in [2.24, 2.45) is 11.8 Å². The summed E-state index contributed by atoms with van der Waals surface area (Å²) in [6.07, 6.45) is 13.0. The Morgan fingerprint density at radius 3 is 2.70 bits per heavy atom. The van der Waals surface area contributed by atoms with E-state index < -0.39 is 0 Å². The van der Waals surface area contributed by atoms with Crippen LogP contribution in [0.1, 0.15) is 58.8 Å². The molecule has 0 bridgehead atoms. The molecule has 3 nitrogen and oxygen atoms in total. The minimum atomic E-state index is 0.0163. The highest BCUT2D eigenvalue weighted by molar-refractivity contribution is 5.75. The summed E-state index contributed by atoms with van der Waals surface area (Å²) in [7, 11) is 0. The van der Waals surface area contributed by atoms with Gasteiger partial charge in [0, 0.05) is 5.92 Å². The number of carbonyl (C=O) groups is 1. The molecule has 3 atom stereocenters. The number of allylic oxidation sites excluding steroid dienone is 3. The van der Waals surface area contributed by atoms with Crippen LogP contribution in [-0.4, -0.2) is 31.7 Å². The van der Waals surface area contributed by atoms with E-state index >= 15 is 0 Å². The van der Waals surface area contributed by atoms with Gasteiger partial charge in [-0.25, -0.2) is 0 Å². The van der Waals surface area contributed by atoms with Crippen molar-refractivity contribution in [3.05, 3.63) is 23.3 Å². The Balaban J connectivity index is 1.74. The van der Waals surface area contributed by atoms with Gasteiger partial charge >= 0.3 is 5.97 Å². The van der Waals surface area contributed by atoms with Gasteiger partial charge in [-0.3, -0.25) is 4.79 Å². The molecule has 0 aromatic carbocycles.